The first-order valence-electron chi connectivity index (χ1n) is 8.67. The standard InChI is InChI=1S/C18H27N3S/c1-3-21(4-2)13-14-10-11-16-17(12-14)22-18(20-16)19-15-8-6-5-7-9-15/h10-12,15H,3-9,13H2,1-2H3,(H,19,20). The quantitative estimate of drug-likeness (QED) is 0.823. The predicted molar refractivity (Wildman–Crippen MR) is 96.7 cm³/mol. The first-order chi connectivity index (χ1) is 10.8. The second kappa shape index (κ2) is 7.42. The van der Waals surface area contributed by atoms with Gasteiger partial charge in [0.25, 0.3) is 0 Å². The van der Waals surface area contributed by atoms with Gasteiger partial charge in [-0.1, -0.05) is 50.5 Å². The molecular weight excluding hydrogens is 290 g/mol. The number of aromatic nitrogens is 1. The minimum Gasteiger partial charge on any atom is -0.359 e. The van der Waals surface area contributed by atoms with Crippen molar-refractivity contribution in [1.29, 1.82) is 0 Å². The molecule has 3 nitrogen and oxygen atoms in total. The maximum absolute atomic E-state index is 4.76. The second-order valence-corrected chi connectivity index (χ2v) is 7.29. The van der Waals surface area contributed by atoms with E-state index in [1.807, 2.05) is 0 Å². The molecule has 0 aliphatic heterocycles. The van der Waals surface area contributed by atoms with E-state index in [0.29, 0.717) is 6.04 Å². The fourth-order valence-corrected chi connectivity index (χ4v) is 4.26. The minimum absolute atomic E-state index is 0.629. The van der Waals surface area contributed by atoms with Crippen LogP contribution in [-0.2, 0) is 6.54 Å². The molecule has 1 heterocycles. The lowest BCUT2D eigenvalue weighted by Crippen LogP contribution is -2.21. The average molecular weight is 318 g/mol. The summed E-state index contributed by atoms with van der Waals surface area (Å²) >= 11 is 1.81. The lowest BCUT2D eigenvalue weighted by atomic mass is 9.96. The molecule has 1 aromatic heterocycles. The fraction of sp³-hybridized carbons (Fsp3) is 0.611. The van der Waals surface area contributed by atoms with Gasteiger partial charge in [0, 0.05) is 12.6 Å². The van der Waals surface area contributed by atoms with E-state index in [4.69, 9.17) is 4.98 Å². The van der Waals surface area contributed by atoms with Gasteiger partial charge in [-0.3, -0.25) is 4.90 Å². The SMILES string of the molecule is CCN(CC)Cc1ccc2nc(NC3CCCCC3)sc2c1. The molecule has 3 rings (SSSR count). The first-order valence-corrected chi connectivity index (χ1v) is 9.48. The van der Waals surface area contributed by atoms with E-state index in [0.717, 1.165) is 30.3 Å². The average Bonchev–Trinajstić information content (AvgIpc) is 2.95. The van der Waals surface area contributed by atoms with E-state index in [1.54, 1.807) is 11.3 Å². The summed E-state index contributed by atoms with van der Waals surface area (Å²) in [6, 6.07) is 7.35. The van der Waals surface area contributed by atoms with Crippen LogP contribution in [-0.4, -0.2) is 29.0 Å². The smallest absolute Gasteiger partial charge is 0.184 e. The van der Waals surface area contributed by atoms with Gasteiger partial charge in [-0.25, -0.2) is 4.98 Å². The Morgan fingerprint density at radius 1 is 1.18 bits per heavy atom. The second-order valence-electron chi connectivity index (χ2n) is 6.26. The van der Waals surface area contributed by atoms with Crippen LogP contribution in [0.2, 0.25) is 0 Å². The van der Waals surface area contributed by atoms with Crippen LogP contribution >= 0.6 is 11.3 Å². The van der Waals surface area contributed by atoms with Crippen molar-refractivity contribution in [3.63, 3.8) is 0 Å². The highest BCUT2D eigenvalue weighted by Gasteiger charge is 2.15. The highest BCUT2D eigenvalue weighted by atomic mass is 32.1. The Hall–Kier alpha value is -1.13. The number of nitrogens with one attached hydrogen (secondary N) is 1. The van der Waals surface area contributed by atoms with Gasteiger partial charge >= 0.3 is 0 Å². The molecule has 1 aromatic carbocycles. The summed E-state index contributed by atoms with van der Waals surface area (Å²) in [5.74, 6) is 0. The molecule has 0 saturated heterocycles. The topological polar surface area (TPSA) is 28.2 Å². The van der Waals surface area contributed by atoms with Crippen molar-refractivity contribution >= 4 is 26.7 Å². The number of hydrogen-bond donors (Lipinski definition) is 1. The van der Waals surface area contributed by atoms with Crippen molar-refractivity contribution in [2.75, 3.05) is 18.4 Å². The number of fused-ring (bicyclic) bond motifs is 1. The largest absolute Gasteiger partial charge is 0.359 e. The summed E-state index contributed by atoms with van der Waals surface area (Å²) in [6.07, 6.45) is 6.70. The molecule has 4 heteroatoms. The summed E-state index contributed by atoms with van der Waals surface area (Å²) in [5.41, 5.74) is 2.52. The van der Waals surface area contributed by atoms with Gasteiger partial charge in [-0.2, -0.15) is 0 Å². The van der Waals surface area contributed by atoms with Crippen LogP contribution in [0.4, 0.5) is 5.13 Å². The summed E-state index contributed by atoms with van der Waals surface area (Å²) in [6.45, 7) is 7.69. The molecule has 22 heavy (non-hydrogen) atoms. The molecule has 1 fully saturated rings. The van der Waals surface area contributed by atoms with Crippen LogP contribution in [0.1, 0.15) is 51.5 Å². The Labute approximate surface area is 137 Å². The van der Waals surface area contributed by atoms with Crippen LogP contribution in [0.5, 0.6) is 0 Å². The van der Waals surface area contributed by atoms with Crippen molar-refractivity contribution in [1.82, 2.24) is 9.88 Å². The van der Waals surface area contributed by atoms with Crippen LogP contribution < -0.4 is 5.32 Å². The maximum atomic E-state index is 4.76. The zero-order valence-corrected chi connectivity index (χ0v) is 14.6. The number of nitrogens with zero attached hydrogens (tertiary/aromatic N) is 2. The van der Waals surface area contributed by atoms with E-state index in [2.05, 4.69) is 42.3 Å². The molecule has 1 aliphatic carbocycles. The normalized spacial score (nSPS) is 16.5. The van der Waals surface area contributed by atoms with Gasteiger partial charge in [0.05, 0.1) is 10.2 Å². The van der Waals surface area contributed by atoms with Gasteiger partial charge in [-0.05, 0) is 43.6 Å². The third kappa shape index (κ3) is 3.79. The number of thiazole rings is 1. The molecule has 0 bridgehead atoms. The Balaban J connectivity index is 1.72. The highest BCUT2D eigenvalue weighted by molar-refractivity contribution is 7.22. The Kier molecular flexibility index (Phi) is 5.32. The van der Waals surface area contributed by atoms with Crippen LogP contribution in [0, 0.1) is 0 Å². The molecule has 120 valence electrons. The van der Waals surface area contributed by atoms with Crippen LogP contribution in [0.15, 0.2) is 18.2 Å². The Morgan fingerprint density at radius 3 is 2.68 bits per heavy atom. The van der Waals surface area contributed by atoms with Crippen molar-refractivity contribution in [3.05, 3.63) is 23.8 Å². The number of benzene rings is 1. The monoisotopic (exact) mass is 317 g/mol. The fourth-order valence-electron chi connectivity index (χ4n) is 3.26. The third-order valence-corrected chi connectivity index (χ3v) is 5.64. The molecule has 2 aromatic rings. The summed E-state index contributed by atoms with van der Waals surface area (Å²) in [7, 11) is 0. The molecule has 0 radical (unpaired) electrons. The van der Waals surface area contributed by atoms with E-state index in [-0.39, 0.29) is 0 Å². The Bertz CT molecular complexity index is 597. The molecular formula is C18H27N3S. The predicted octanol–water partition coefficient (Wildman–Crippen LogP) is 4.88. The van der Waals surface area contributed by atoms with Gasteiger partial charge < -0.3 is 5.32 Å². The number of hydrogen-bond acceptors (Lipinski definition) is 4. The van der Waals surface area contributed by atoms with Crippen LogP contribution in [0.25, 0.3) is 10.2 Å². The lowest BCUT2D eigenvalue weighted by molar-refractivity contribution is 0.296. The molecule has 0 spiro atoms. The van der Waals surface area contributed by atoms with Crippen molar-refractivity contribution in [3.8, 4) is 0 Å². The van der Waals surface area contributed by atoms with Gasteiger partial charge in [0.2, 0.25) is 0 Å². The van der Waals surface area contributed by atoms with E-state index in [9.17, 15) is 0 Å². The lowest BCUT2D eigenvalue weighted by Gasteiger charge is -2.22. The zero-order chi connectivity index (χ0) is 15.4. The van der Waals surface area contributed by atoms with E-state index < -0.39 is 0 Å². The van der Waals surface area contributed by atoms with Crippen LogP contribution in [0.3, 0.4) is 0 Å². The van der Waals surface area contributed by atoms with Crippen molar-refractivity contribution in [2.24, 2.45) is 0 Å². The highest BCUT2D eigenvalue weighted by Crippen LogP contribution is 2.29. The zero-order valence-electron chi connectivity index (χ0n) is 13.8. The third-order valence-electron chi connectivity index (χ3n) is 4.69. The molecule has 0 amide bonds. The molecule has 1 aliphatic rings. The number of anilines is 1. The molecule has 0 atom stereocenters. The minimum atomic E-state index is 0.629. The molecule has 1 N–H and O–H groups in total. The van der Waals surface area contributed by atoms with Gasteiger partial charge in [-0.15, -0.1) is 0 Å². The van der Waals surface area contributed by atoms with E-state index >= 15 is 0 Å². The summed E-state index contributed by atoms with van der Waals surface area (Å²) in [4.78, 5) is 7.21. The summed E-state index contributed by atoms with van der Waals surface area (Å²) in [5, 5.41) is 4.75. The van der Waals surface area contributed by atoms with Gasteiger partial charge in [0.15, 0.2) is 5.13 Å². The summed E-state index contributed by atoms with van der Waals surface area (Å²) < 4.78 is 1.31. The number of rotatable bonds is 6. The first kappa shape index (κ1) is 15.8. The molecule has 1 saturated carbocycles. The van der Waals surface area contributed by atoms with E-state index in [1.165, 1.54) is 42.4 Å². The molecule has 0 unspecified atom stereocenters. The van der Waals surface area contributed by atoms with Gasteiger partial charge in [0.1, 0.15) is 0 Å². The van der Waals surface area contributed by atoms with Crippen molar-refractivity contribution in [2.45, 2.75) is 58.5 Å². The maximum Gasteiger partial charge on any atom is 0.184 e. The Morgan fingerprint density at radius 2 is 1.95 bits per heavy atom. The van der Waals surface area contributed by atoms with Crippen molar-refractivity contribution < 1.29 is 0 Å².